The van der Waals surface area contributed by atoms with Crippen molar-refractivity contribution in [1.82, 2.24) is 5.32 Å². The van der Waals surface area contributed by atoms with Gasteiger partial charge in [0, 0.05) is 18.3 Å². The highest BCUT2D eigenvalue weighted by molar-refractivity contribution is 5.90. The van der Waals surface area contributed by atoms with E-state index in [0.717, 1.165) is 11.3 Å². The van der Waals surface area contributed by atoms with Crippen LogP contribution in [0.5, 0.6) is 11.5 Å². The molecule has 3 aromatic carbocycles. The fraction of sp³-hybridized carbons (Fsp3) is 0.214. The molecule has 36 heavy (non-hydrogen) atoms. The molecule has 1 aliphatic heterocycles. The predicted octanol–water partition coefficient (Wildman–Crippen LogP) is 6.81. The van der Waals surface area contributed by atoms with Gasteiger partial charge in [-0.15, -0.1) is 5.11 Å². The highest BCUT2D eigenvalue weighted by Crippen LogP contribution is 2.48. The van der Waals surface area contributed by atoms with Gasteiger partial charge in [0.15, 0.2) is 5.82 Å². The summed E-state index contributed by atoms with van der Waals surface area (Å²) in [7, 11) is 0. The van der Waals surface area contributed by atoms with Gasteiger partial charge in [-0.05, 0) is 65.6 Å². The van der Waals surface area contributed by atoms with Crippen LogP contribution in [-0.4, -0.2) is 11.9 Å². The van der Waals surface area contributed by atoms with Gasteiger partial charge in [0.05, 0.1) is 0 Å². The molecule has 1 unspecified atom stereocenters. The number of ether oxygens (including phenoxy) is 1. The van der Waals surface area contributed by atoms with Crippen molar-refractivity contribution >= 4 is 23.3 Å². The number of azo groups is 1. The third-order valence-electron chi connectivity index (χ3n) is 5.76. The van der Waals surface area contributed by atoms with Gasteiger partial charge in [0.2, 0.25) is 5.91 Å². The first kappa shape index (κ1) is 24.7. The number of amides is 3. The molecule has 1 atom stereocenters. The molecule has 0 bridgehead atoms. The predicted molar refractivity (Wildman–Crippen MR) is 140 cm³/mol. The maximum absolute atomic E-state index is 12.7. The lowest BCUT2D eigenvalue weighted by atomic mass is 9.70. The van der Waals surface area contributed by atoms with E-state index in [9.17, 15) is 9.59 Å². The van der Waals surface area contributed by atoms with Crippen LogP contribution >= 0.6 is 0 Å². The molecular formula is C28H29N5O3. The molecule has 3 aromatic rings. The highest BCUT2D eigenvalue weighted by Gasteiger charge is 2.45. The van der Waals surface area contributed by atoms with E-state index < -0.39 is 11.6 Å². The molecule has 8 heteroatoms. The van der Waals surface area contributed by atoms with Gasteiger partial charge < -0.3 is 15.4 Å². The minimum absolute atomic E-state index is 0.153. The van der Waals surface area contributed by atoms with Crippen molar-refractivity contribution in [2.45, 2.75) is 33.2 Å². The van der Waals surface area contributed by atoms with Crippen molar-refractivity contribution in [3.63, 3.8) is 0 Å². The van der Waals surface area contributed by atoms with Crippen molar-refractivity contribution in [2.75, 3.05) is 10.6 Å². The van der Waals surface area contributed by atoms with E-state index in [4.69, 9.17) is 4.74 Å². The number of nitrogens with zero attached hydrogens (tertiary/aromatic N) is 2. The molecule has 8 nitrogen and oxygen atoms in total. The van der Waals surface area contributed by atoms with Crippen molar-refractivity contribution in [3.8, 4) is 11.5 Å². The van der Waals surface area contributed by atoms with Crippen LogP contribution in [0.3, 0.4) is 0 Å². The summed E-state index contributed by atoms with van der Waals surface area (Å²) in [5.74, 6) is 1.59. The van der Waals surface area contributed by atoms with Crippen LogP contribution in [0, 0.1) is 5.41 Å². The zero-order valence-corrected chi connectivity index (χ0v) is 20.7. The third-order valence-corrected chi connectivity index (χ3v) is 5.76. The van der Waals surface area contributed by atoms with Gasteiger partial charge >= 0.3 is 6.03 Å². The normalized spacial score (nSPS) is 16.7. The van der Waals surface area contributed by atoms with E-state index in [0.29, 0.717) is 22.9 Å². The van der Waals surface area contributed by atoms with Crippen LogP contribution in [-0.2, 0) is 10.3 Å². The Morgan fingerprint density at radius 2 is 1.50 bits per heavy atom. The molecule has 0 spiro atoms. The fourth-order valence-corrected chi connectivity index (χ4v) is 3.94. The van der Waals surface area contributed by atoms with Crippen molar-refractivity contribution in [2.24, 2.45) is 15.6 Å². The Labute approximate surface area is 210 Å². The Hall–Kier alpha value is -4.46. The number of para-hydroxylation sites is 1. The lowest BCUT2D eigenvalue weighted by Gasteiger charge is -2.36. The second-order valence-electron chi connectivity index (χ2n) is 9.53. The third kappa shape index (κ3) is 5.60. The lowest BCUT2D eigenvalue weighted by Crippen LogP contribution is -2.36. The number of carbonyl (C=O) groups is 2. The minimum Gasteiger partial charge on any atom is -0.457 e. The van der Waals surface area contributed by atoms with E-state index in [1.807, 2.05) is 60.7 Å². The summed E-state index contributed by atoms with van der Waals surface area (Å²) >= 11 is 0. The van der Waals surface area contributed by atoms with E-state index >= 15 is 0 Å². The summed E-state index contributed by atoms with van der Waals surface area (Å²) in [5, 5.41) is 17.2. The van der Waals surface area contributed by atoms with E-state index in [2.05, 4.69) is 47.0 Å². The Morgan fingerprint density at radius 1 is 0.806 bits per heavy atom. The Balaban J connectivity index is 1.46. The smallest absolute Gasteiger partial charge is 0.324 e. The summed E-state index contributed by atoms with van der Waals surface area (Å²) in [6, 6.07) is 23.6. The van der Waals surface area contributed by atoms with Gasteiger partial charge in [0.1, 0.15) is 17.0 Å². The number of benzene rings is 3. The first-order chi connectivity index (χ1) is 17.1. The monoisotopic (exact) mass is 483 g/mol. The molecule has 0 aliphatic carbocycles. The Kier molecular flexibility index (Phi) is 6.87. The number of hydrogen-bond acceptors (Lipinski definition) is 5. The molecule has 184 valence electrons. The quantitative estimate of drug-likeness (QED) is 0.359. The van der Waals surface area contributed by atoms with E-state index in [-0.39, 0.29) is 11.3 Å². The second kappa shape index (κ2) is 10.0. The molecule has 0 radical (unpaired) electrons. The number of carbonyl (C=O) groups excluding carboxylic acids is 2. The largest absolute Gasteiger partial charge is 0.457 e. The standard InChI is InChI=1S/C28H29N5O3/c1-19(34)29-22-10-8-9-20(17-22)28(27(2,3)4)18-25(32-33-28)31-26(35)30-21-13-15-24(16-14-21)36-23-11-6-5-7-12-23/h5-18H,1-4H3,(H,29,34)(H2,30,31,35). The molecule has 1 aliphatic rings. The summed E-state index contributed by atoms with van der Waals surface area (Å²) in [5.41, 5.74) is 0.955. The number of rotatable bonds is 6. The molecule has 1 heterocycles. The van der Waals surface area contributed by atoms with Crippen LogP contribution in [0.15, 0.2) is 101 Å². The molecular weight excluding hydrogens is 454 g/mol. The van der Waals surface area contributed by atoms with Gasteiger partial charge in [-0.1, -0.05) is 51.1 Å². The average molecular weight is 484 g/mol. The van der Waals surface area contributed by atoms with Gasteiger partial charge in [0.25, 0.3) is 0 Å². The second-order valence-corrected chi connectivity index (χ2v) is 9.53. The maximum atomic E-state index is 12.7. The van der Waals surface area contributed by atoms with Crippen molar-refractivity contribution in [1.29, 1.82) is 0 Å². The van der Waals surface area contributed by atoms with E-state index in [1.165, 1.54) is 6.92 Å². The van der Waals surface area contributed by atoms with Crippen LogP contribution in [0.4, 0.5) is 16.2 Å². The maximum Gasteiger partial charge on any atom is 0.324 e. The summed E-state index contributed by atoms with van der Waals surface area (Å²) < 4.78 is 5.78. The molecule has 0 fully saturated rings. The van der Waals surface area contributed by atoms with Crippen LogP contribution in [0.25, 0.3) is 0 Å². The van der Waals surface area contributed by atoms with Gasteiger partial charge in [-0.3, -0.25) is 10.1 Å². The lowest BCUT2D eigenvalue weighted by molar-refractivity contribution is -0.114. The summed E-state index contributed by atoms with van der Waals surface area (Å²) in [4.78, 5) is 24.2. The summed E-state index contributed by atoms with van der Waals surface area (Å²) in [6.07, 6.45) is 1.84. The molecule has 0 saturated heterocycles. The Bertz CT molecular complexity index is 1310. The molecule has 0 aromatic heterocycles. The topological polar surface area (TPSA) is 104 Å². The number of anilines is 2. The summed E-state index contributed by atoms with van der Waals surface area (Å²) in [6.45, 7) is 7.62. The fourth-order valence-electron chi connectivity index (χ4n) is 3.94. The van der Waals surface area contributed by atoms with E-state index in [1.54, 1.807) is 24.3 Å². The minimum atomic E-state index is -0.819. The zero-order chi connectivity index (χ0) is 25.8. The van der Waals surface area contributed by atoms with Crippen LogP contribution < -0.4 is 20.7 Å². The molecule has 4 rings (SSSR count). The molecule has 0 saturated carbocycles. The average Bonchev–Trinajstić information content (AvgIpc) is 3.26. The molecule has 3 N–H and O–H groups in total. The number of hydrogen-bond donors (Lipinski definition) is 3. The highest BCUT2D eigenvalue weighted by atomic mass is 16.5. The van der Waals surface area contributed by atoms with Crippen LogP contribution in [0.2, 0.25) is 0 Å². The Morgan fingerprint density at radius 3 is 2.17 bits per heavy atom. The van der Waals surface area contributed by atoms with Crippen LogP contribution in [0.1, 0.15) is 33.3 Å². The van der Waals surface area contributed by atoms with Crippen molar-refractivity contribution in [3.05, 3.63) is 96.3 Å². The van der Waals surface area contributed by atoms with Crippen molar-refractivity contribution < 1.29 is 14.3 Å². The SMILES string of the molecule is CC(=O)Nc1cccc(C2(C(C)(C)C)C=C(NC(=O)Nc3ccc(Oc4ccccc4)cc3)N=N2)c1. The van der Waals surface area contributed by atoms with Gasteiger partial charge in [-0.2, -0.15) is 5.11 Å². The number of nitrogens with one attached hydrogen (secondary N) is 3. The first-order valence-electron chi connectivity index (χ1n) is 11.6. The molecule has 3 amide bonds. The van der Waals surface area contributed by atoms with Gasteiger partial charge in [-0.25, -0.2) is 4.79 Å². The first-order valence-corrected chi connectivity index (χ1v) is 11.6. The zero-order valence-electron chi connectivity index (χ0n) is 20.7. The number of urea groups is 1.